The molecule has 5 spiro atoms. The van der Waals surface area contributed by atoms with E-state index >= 15 is 0 Å². The highest BCUT2D eigenvalue weighted by molar-refractivity contribution is 7.90. The monoisotopic (exact) mass is 1800 g/mol. The number of ketones is 4. The van der Waals surface area contributed by atoms with Gasteiger partial charge in [0.2, 0.25) is 50.1 Å². The molecule has 1 saturated carbocycles. The van der Waals surface area contributed by atoms with Gasteiger partial charge in [-0.2, -0.15) is 21.5 Å². The first kappa shape index (κ1) is 94.4. The fourth-order valence-corrected chi connectivity index (χ4v) is 26.2. The number of likely N-dealkylation sites (tertiary alicyclic amines) is 4. The Balaban J connectivity index is 0.000000140. The third-order valence-electron chi connectivity index (χ3n) is 24.8. The zero-order valence-corrected chi connectivity index (χ0v) is 74.1. The molecule has 0 unspecified atom stereocenters. The van der Waals surface area contributed by atoms with E-state index < -0.39 is 90.9 Å². The first-order valence-corrected chi connectivity index (χ1v) is 48.8. The van der Waals surface area contributed by atoms with Crippen molar-refractivity contribution in [3.05, 3.63) is 156 Å². The van der Waals surface area contributed by atoms with Crippen LogP contribution < -0.4 is 10.1 Å². The summed E-state index contributed by atoms with van der Waals surface area (Å²) in [7, 11) is -16.4. The molecule has 122 heavy (non-hydrogen) atoms. The molecule has 11 aliphatic rings. The van der Waals surface area contributed by atoms with Gasteiger partial charge >= 0.3 is 6.36 Å². The standard InChI is InChI=1S/C19H26N2O4S.C18H24N2O4S.C17H24N2O4S.C16H22N2O4S.C14H17F3N2O4S/c1-15(22)17-4-6-18(7-5-17)26(23,24)21-12-13-25-19(21)8-10-20(11-9-19)14-16-2-3-16;1-3-10-19-11-8-18(9-12-19)20(13-14-24-18)25(22,23)17-6-4-16(5-7-17)15(2)21;1-3-18-10-8-17(9-11-18)19(12-13-23-17)24(21,22)16-6-4-15(5-7-16)14(2)20;1-13(19)14-3-5-15(6-4-14)23(20,21)18-11-12-22-16(18)7-9-17(2)10-8-16;15-14(16,17)23-11-1-3-12(4-2-11)24(20,21)19-9-10-22-13(19)5-7-18-8-6-13/h4-7,16H,2-3,8-14H2,1H3;3-7H,1,8-14H2,2H3;4-7H,3,8-13H2,1-2H3;3-6H,7-12H2,1-2H3;1-4,18H,5-10H2. The fraction of sp³-hybridized carbons (Fsp3) is 0.571. The van der Waals surface area contributed by atoms with Crippen molar-refractivity contribution >= 4 is 73.2 Å². The van der Waals surface area contributed by atoms with Crippen LogP contribution in [0.5, 0.6) is 5.75 Å². The summed E-state index contributed by atoms with van der Waals surface area (Å²) in [5, 5.41) is 3.15. The fourth-order valence-electron chi connectivity index (χ4n) is 17.6. The number of carbonyl (C=O) groups is 4. The van der Waals surface area contributed by atoms with Crippen molar-refractivity contribution < 1.29 is 103 Å². The topological polar surface area (TPSA) is 336 Å². The van der Waals surface area contributed by atoms with E-state index in [4.69, 9.17) is 23.7 Å². The van der Waals surface area contributed by atoms with Crippen molar-refractivity contribution in [2.45, 2.75) is 171 Å². The lowest BCUT2D eigenvalue weighted by Gasteiger charge is -2.43. The van der Waals surface area contributed by atoms with E-state index in [1.165, 1.54) is 106 Å². The molecule has 0 aromatic heterocycles. The molecular weight excluding hydrogens is 1690 g/mol. The molecule has 0 radical (unpaired) electrons. The van der Waals surface area contributed by atoms with E-state index in [-0.39, 0.29) is 54.2 Å². The Hall–Kier alpha value is -6.74. The summed E-state index contributed by atoms with van der Waals surface area (Å²) in [4.78, 5) is 55.5. The number of hydrogen-bond donors (Lipinski definition) is 1. The molecule has 16 rings (SSSR count). The van der Waals surface area contributed by atoms with Gasteiger partial charge in [0.25, 0.3) is 0 Å². The molecule has 5 aromatic rings. The minimum Gasteiger partial charge on any atom is -0.406 e. The Morgan fingerprint density at radius 1 is 0.402 bits per heavy atom. The van der Waals surface area contributed by atoms with Gasteiger partial charge in [-0.15, -0.1) is 19.8 Å². The number of rotatable bonds is 20. The minimum atomic E-state index is -4.82. The Labute approximate surface area is 715 Å². The van der Waals surface area contributed by atoms with Gasteiger partial charge in [-0.1, -0.05) is 61.5 Å². The molecule has 38 heteroatoms. The summed E-state index contributed by atoms with van der Waals surface area (Å²) in [5.74, 6) is 0.0680. The molecule has 670 valence electrons. The molecule has 11 fully saturated rings. The summed E-state index contributed by atoms with van der Waals surface area (Å²) in [6.07, 6.45) is 6.19. The van der Waals surface area contributed by atoms with Crippen LogP contribution in [0.4, 0.5) is 13.2 Å². The molecule has 30 nitrogen and oxygen atoms in total. The Morgan fingerprint density at radius 2 is 0.656 bits per heavy atom. The normalized spacial score (nSPS) is 22.5. The molecule has 10 saturated heterocycles. The number of piperidine rings is 5. The molecular formula is C84H113F3N10O20S5. The van der Waals surface area contributed by atoms with Crippen molar-refractivity contribution in [2.75, 3.05) is 158 Å². The summed E-state index contributed by atoms with van der Waals surface area (Å²) >= 11 is 0. The van der Waals surface area contributed by atoms with E-state index in [2.05, 4.69) is 43.2 Å². The lowest BCUT2D eigenvalue weighted by atomic mass is 10.0. The van der Waals surface area contributed by atoms with E-state index in [1.54, 1.807) is 52.8 Å². The highest BCUT2D eigenvalue weighted by Gasteiger charge is 2.56. The number of ether oxygens (including phenoxy) is 6. The molecule has 5 aromatic carbocycles. The van der Waals surface area contributed by atoms with E-state index in [1.807, 2.05) is 13.1 Å². The smallest absolute Gasteiger partial charge is 0.406 e. The number of sulfonamides is 5. The van der Waals surface area contributed by atoms with Crippen LogP contribution in [0.25, 0.3) is 0 Å². The Bertz CT molecular complexity index is 5100. The molecule has 1 aliphatic carbocycles. The molecule has 1 N–H and O–H groups in total. The van der Waals surface area contributed by atoms with Crippen molar-refractivity contribution in [3.8, 4) is 5.75 Å². The minimum absolute atomic E-state index is 0.0713. The second-order valence-corrected chi connectivity index (χ2v) is 41.8. The summed E-state index contributed by atoms with van der Waals surface area (Å²) < 4.78 is 208. The van der Waals surface area contributed by atoms with Crippen LogP contribution in [0.1, 0.15) is 153 Å². The summed E-state index contributed by atoms with van der Waals surface area (Å²) in [5.41, 5.74) is -1.73. The maximum Gasteiger partial charge on any atom is 0.573 e. The van der Waals surface area contributed by atoms with Crippen LogP contribution in [0.15, 0.2) is 158 Å². The van der Waals surface area contributed by atoms with Crippen LogP contribution in [0, 0.1) is 5.92 Å². The van der Waals surface area contributed by atoms with Gasteiger partial charge in [0.05, 0.1) is 57.5 Å². The summed E-state index contributed by atoms with van der Waals surface area (Å²) in [6.45, 7) is 26.3. The zero-order valence-electron chi connectivity index (χ0n) is 70.0. The highest BCUT2D eigenvalue weighted by Crippen LogP contribution is 2.45. The van der Waals surface area contributed by atoms with Crippen LogP contribution in [0.2, 0.25) is 0 Å². The number of carbonyl (C=O) groups excluding carboxylic acids is 4. The Morgan fingerprint density at radius 3 is 0.910 bits per heavy atom. The van der Waals surface area contributed by atoms with Gasteiger partial charge in [0.1, 0.15) is 34.4 Å². The van der Waals surface area contributed by atoms with Gasteiger partial charge in [-0.25, -0.2) is 42.1 Å². The van der Waals surface area contributed by atoms with Crippen molar-refractivity contribution in [3.63, 3.8) is 0 Å². The lowest BCUT2D eigenvalue weighted by Crippen LogP contribution is -2.55. The molecule has 0 atom stereocenters. The number of nitrogens with one attached hydrogen (secondary N) is 1. The molecule has 0 bridgehead atoms. The third-order valence-corrected chi connectivity index (χ3v) is 34.6. The SMILES string of the molecule is C=CCN1CCC2(CC1)OCCN2S(=O)(=O)c1ccc(C(C)=O)cc1.CC(=O)c1ccc(S(=O)(=O)N2CCOC23CCN(C)CC3)cc1.CC(=O)c1ccc(S(=O)(=O)N2CCOC23CCN(CC2CC2)CC3)cc1.CCN1CCC2(CC1)OCCN2S(=O)(=O)c1ccc(C(C)=O)cc1.O=S(=O)(c1ccc(OC(F)(F)F)cc1)N1CCOC12CCNCC2. The number of benzene rings is 5. The van der Waals surface area contributed by atoms with E-state index in [0.29, 0.717) is 159 Å². The number of alkyl halides is 3. The first-order chi connectivity index (χ1) is 57.8. The number of Topliss-reactive ketones (excluding diaryl/α,β-unsaturated/α-hetero) is 4. The van der Waals surface area contributed by atoms with Crippen molar-refractivity contribution in [1.29, 1.82) is 0 Å². The van der Waals surface area contributed by atoms with E-state index in [9.17, 15) is 74.4 Å². The highest BCUT2D eigenvalue weighted by atomic mass is 32.2. The van der Waals surface area contributed by atoms with Gasteiger partial charge in [-0.05, 0) is 146 Å². The van der Waals surface area contributed by atoms with Gasteiger partial charge < -0.3 is 48.4 Å². The molecule has 0 amide bonds. The van der Waals surface area contributed by atoms with Gasteiger partial charge in [0, 0.05) is 185 Å². The van der Waals surface area contributed by atoms with Crippen LogP contribution >= 0.6 is 0 Å². The average molecular weight is 1800 g/mol. The maximum atomic E-state index is 13.2. The quantitative estimate of drug-likeness (QED) is 0.0562. The zero-order chi connectivity index (χ0) is 87.9. The van der Waals surface area contributed by atoms with E-state index in [0.717, 1.165) is 102 Å². The van der Waals surface area contributed by atoms with Crippen molar-refractivity contribution in [1.82, 2.24) is 46.4 Å². The van der Waals surface area contributed by atoms with Crippen LogP contribution in [-0.2, 0) is 73.8 Å². The Kier molecular flexibility index (Phi) is 30.1. The van der Waals surface area contributed by atoms with Crippen LogP contribution in [0.3, 0.4) is 0 Å². The predicted octanol–water partition coefficient (Wildman–Crippen LogP) is 8.74. The molecule has 10 aliphatic heterocycles. The van der Waals surface area contributed by atoms with Crippen LogP contribution in [-0.4, -0.2) is 299 Å². The summed E-state index contributed by atoms with van der Waals surface area (Å²) in [6, 6.07) is 28.9. The van der Waals surface area contributed by atoms with Crippen molar-refractivity contribution in [2.24, 2.45) is 5.92 Å². The second kappa shape index (κ2) is 38.8. The first-order valence-electron chi connectivity index (χ1n) is 41.6. The predicted molar refractivity (Wildman–Crippen MR) is 446 cm³/mol. The average Bonchev–Trinajstić information content (AvgIpc) is 1.49. The number of hydrogen-bond acceptors (Lipinski definition) is 25. The molecule has 10 heterocycles. The third kappa shape index (κ3) is 21.2. The lowest BCUT2D eigenvalue weighted by molar-refractivity contribution is -0.274. The van der Waals surface area contributed by atoms with Gasteiger partial charge in [-0.3, -0.25) is 24.1 Å². The van der Waals surface area contributed by atoms with Gasteiger partial charge in [0.15, 0.2) is 23.1 Å². The maximum absolute atomic E-state index is 13.2. The largest absolute Gasteiger partial charge is 0.573 e. The number of nitrogens with zero attached hydrogens (tertiary/aromatic N) is 9. The second-order valence-electron chi connectivity index (χ2n) is 32.5. The number of halogens is 3.